The second kappa shape index (κ2) is 7.90. The molecule has 3 aliphatic heterocycles. The number of hydrogen-bond acceptors (Lipinski definition) is 5. The summed E-state index contributed by atoms with van der Waals surface area (Å²) >= 11 is 6.12. The molecule has 1 fully saturated rings. The Morgan fingerprint density at radius 3 is 2.84 bits per heavy atom. The summed E-state index contributed by atoms with van der Waals surface area (Å²) in [6, 6.07) is 10.9. The molecule has 0 saturated carbocycles. The van der Waals surface area contributed by atoms with Gasteiger partial charge in [0.25, 0.3) is 11.8 Å². The van der Waals surface area contributed by atoms with Gasteiger partial charge >= 0.3 is 0 Å². The summed E-state index contributed by atoms with van der Waals surface area (Å²) in [6.07, 6.45) is 7.87. The molecule has 0 aliphatic carbocycles. The first kappa shape index (κ1) is 19.9. The van der Waals surface area contributed by atoms with Crippen molar-refractivity contribution in [2.45, 2.75) is 24.6 Å². The fraction of sp³-hybridized carbons (Fsp3) is 0.304. The number of amides is 2. The summed E-state index contributed by atoms with van der Waals surface area (Å²) in [5, 5.41) is 0.594. The molecule has 1 aromatic heterocycles. The van der Waals surface area contributed by atoms with Crippen molar-refractivity contribution < 1.29 is 14.3 Å². The average molecular weight is 437 g/mol. The first-order valence-electron chi connectivity index (χ1n) is 10.2. The maximum atomic E-state index is 13.4. The Bertz CT molecular complexity index is 1080. The first-order valence-corrected chi connectivity index (χ1v) is 10.6. The van der Waals surface area contributed by atoms with Crippen molar-refractivity contribution in [1.82, 2.24) is 14.8 Å². The number of hydrogen-bond donors (Lipinski definition) is 0. The predicted molar refractivity (Wildman–Crippen MR) is 116 cm³/mol. The molecular formula is C23H21ClN4O3. The van der Waals surface area contributed by atoms with E-state index in [0.29, 0.717) is 42.2 Å². The van der Waals surface area contributed by atoms with Crippen molar-refractivity contribution in [3.05, 3.63) is 76.7 Å². The monoisotopic (exact) mass is 436 g/mol. The zero-order chi connectivity index (χ0) is 21.4. The third-order valence-electron chi connectivity index (χ3n) is 6.06. The number of carbonyl (C=O) groups excluding carboxylic acids is 2. The smallest absolute Gasteiger partial charge is 0.257 e. The lowest BCUT2D eigenvalue weighted by Crippen LogP contribution is -2.59. The number of ether oxygens (including phenoxy) is 1. The maximum absolute atomic E-state index is 13.4. The maximum Gasteiger partial charge on any atom is 0.257 e. The predicted octanol–water partition coefficient (Wildman–Crippen LogP) is 2.80. The number of pyridine rings is 1. The third-order valence-corrected chi connectivity index (χ3v) is 6.31. The van der Waals surface area contributed by atoms with Crippen molar-refractivity contribution >= 4 is 29.6 Å². The van der Waals surface area contributed by atoms with E-state index in [-0.39, 0.29) is 24.5 Å². The van der Waals surface area contributed by atoms with Crippen molar-refractivity contribution in [2.75, 3.05) is 19.7 Å². The molecule has 2 amide bonds. The van der Waals surface area contributed by atoms with E-state index in [9.17, 15) is 9.59 Å². The van der Waals surface area contributed by atoms with Crippen LogP contribution in [-0.4, -0.2) is 58.6 Å². The van der Waals surface area contributed by atoms with Gasteiger partial charge in [-0.05, 0) is 36.2 Å². The highest BCUT2D eigenvalue weighted by Gasteiger charge is 2.56. The molecule has 0 N–H and O–H groups in total. The molecule has 0 bridgehead atoms. The lowest BCUT2D eigenvalue weighted by molar-refractivity contribution is -0.145. The van der Waals surface area contributed by atoms with Crippen molar-refractivity contribution in [1.29, 1.82) is 0 Å². The molecule has 7 nitrogen and oxygen atoms in total. The molecule has 2 unspecified atom stereocenters. The fourth-order valence-electron chi connectivity index (χ4n) is 4.62. The van der Waals surface area contributed by atoms with E-state index in [0.717, 1.165) is 5.56 Å². The number of aliphatic imine (C=N–C) groups is 1. The van der Waals surface area contributed by atoms with Crippen LogP contribution in [0.5, 0.6) is 0 Å². The van der Waals surface area contributed by atoms with Gasteiger partial charge in [-0.1, -0.05) is 29.8 Å². The van der Waals surface area contributed by atoms with Gasteiger partial charge in [0.1, 0.15) is 12.3 Å². The largest absolute Gasteiger partial charge is 0.362 e. The highest BCUT2D eigenvalue weighted by Crippen LogP contribution is 2.44. The number of fused-ring (bicyclic) bond motifs is 2. The van der Waals surface area contributed by atoms with Gasteiger partial charge in [-0.2, -0.15) is 0 Å². The van der Waals surface area contributed by atoms with Gasteiger partial charge in [0.15, 0.2) is 0 Å². The van der Waals surface area contributed by atoms with Crippen LogP contribution in [0.25, 0.3) is 0 Å². The topological polar surface area (TPSA) is 75.1 Å². The quantitative estimate of drug-likeness (QED) is 0.738. The lowest BCUT2D eigenvalue weighted by atomic mass is 9.86. The Balaban J connectivity index is 1.51. The van der Waals surface area contributed by atoms with Gasteiger partial charge in [-0.3, -0.25) is 19.6 Å². The van der Waals surface area contributed by atoms with Crippen molar-refractivity contribution in [3.63, 3.8) is 0 Å². The minimum atomic E-state index is -0.954. The van der Waals surface area contributed by atoms with E-state index in [1.54, 1.807) is 52.7 Å². The number of rotatable bonds is 4. The minimum absolute atomic E-state index is 0.0863. The van der Waals surface area contributed by atoms with Gasteiger partial charge in [0, 0.05) is 43.1 Å². The van der Waals surface area contributed by atoms with E-state index in [1.165, 1.54) is 0 Å². The second-order valence-corrected chi connectivity index (χ2v) is 8.20. The van der Waals surface area contributed by atoms with Crippen LogP contribution in [0.4, 0.5) is 0 Å². The standard InChI is InChI=1S/C23H21ClN4O3/c24-17-7-5-16(6-8-17)23-13-20-19(4-2-10-26-20)22(30)28(23)12-11-27(23)21(29)15-31-18-3-1-9-25-14-18/h1-2,4-10,14,18H,3,11-13,15H2. The van der Waals surface area contributed by atoms with Crippen LogP contribution in [0.15, 0.2) is 59.9 Å². The third kappa shape index (κ3) is 3.34. The van der Waals surface area contributed by atoms with E-state index in [2.05, 4.69) is 9.98 Å². The van der Waals surface area contributed by atoms with Gasteiger partial charge in [-0.15, -0.1) is 0 Å². The Kier molecular flexibility index (Phi) is 5.08. The number of benzene rings is 1. The Morgan fingerprint density at radius 1 is 1.23 bits per heavy atom. The average Bonchev–Trinajstić information content (AvgIpc) is 3.19. The van der Waals surface area contributed by atoms with E-state index >= 15 is 0 Å². The normalized spacial score (nSPS) is 24.3. The van der Waals surface area contributed by atoms with E-state index < -0.39 is 5.66 Å². The summed E-state index contributed by atoms with van der Waals surface area (Å²) in [5.74, 6) is -0.294. The molecule has 8 heteroatoms. The zero-order valence-electron chi connectivity index (χ0n) is 16.8. The molecule has 1 saturated heterocycles. The molecule has 31 heavy (non-hydrogen) atoms. The molecule has 3 aliphatic rings. The first-order chi connectivity index (χ1) is 15.1. The molecule has 1 aromatic carbocycles. The number of aromatic nitrogens is 1. The highest BCUT2D eigenvalue weighted by molar-refractivity contribution is 6.30. The number of nitrogens with zero attached hydrogens (tertiary/aromatic N) is 4. The van der Waals surface area contributed by atoms with Crippen LogP contribution in [0, 0.1) is 0 Å². The van der Waals surface area contributed by atoms with E-state index in [1.807, 2.05) is 18.2 Å². The minimum Gasteiger partial charge on any atom is -0.362 e. The van der Waals surface area contributed by atoms with Crippen LogP contribution in [0.1, 0.15) is 28.0 Å². The van der Waals surface area contributed by atoms with Gasteiger partial charge in [0.05, 0.1) is 17.4 Å². The van der Waals surface area contributed by atoms with Gasteiger partial charge in [0.2, 0.25) is 0 Å². The molecule has 0 radical (unpaired) electrons. The molecule has 0 spiro atoms. The lowest BCUT2D eigenvalue weighted by Gasteiger charge is -2.47. The van der Waals surface area contributed by atoms with Gasteiger partial charge < -0.3 is 14.5 Å². The SMILES string of the molecule is O=C(COC1C=NC=CC1)N1CCN2C(=O)c3cccnc3CC12c1ccc(Cl)cc1. The van der Waals surface area contributed by atoms with Crippen molar-refractivity contribution in [3.8, 4) is 0 Å². The van der Waals surface area contributed by atoms with Crippen LogP contribution < -0.4 is 0 Å². The molecule has 4 heterocycles. The summed E-state index contributed by atoms with van der Waals surface area (Å²) in [7, 11) is 0. The molecule has 2 aromatic rings. The summed E-state index contributed by atoms with van der Waals surface area (Å²) in [4.78, 5) is 38.8. The second-order valence-electron chi connectivity index (χ2n) is 7.77. The number of halogens is 1. The molecule has 158 valence electrons. The van der Waals surface area contributed by atoms with Crippen LogP contribution in [0.2, 0.25) is 5.02 Å². The molecule has 2 atom stereocenters. The molecular weight excluding hydrogens is 416 g/mol. The highest BCUT2D eigenvalue weighted by atomic mass is 35.5. The number of carbonyl (C=O) groups is 2. The van der Waals surface area contributed by atoms with Gasteiger partial charge in [-0.25, -0.2) is 0 Å². The van der Waals surface area contributed by atoms with Crippen LogP contribution in [-0.2, 0) is 21.6 Å². The van der Waals surface area contributed by atoms with Crippen LogP contribution in [0.3, 0.4) is 0 Å². The summed E-state index contributed by atoms with van der Waals surface area (Å²) in [5.41, 5.74) is 1.14. The Morgan fingerprint density at radius 2 is 2.06 bits per heavy atom. The Labute approximate surface area is 185 Å². The van der Waals surface area contributed by atoms with Crippen molar-refractivity contribution in [2.24, 2.45) is 4.99 Å². The fourth-order valence-corrected chi connectivity index (χ4v) is 4.75. The summed E-state index contributed by atoms with van der Waals surface area (Å²) in [6.45, 7) is 0.773. The Hall–Kier alpha value is -3.03. The zero-order valence-corrected chi connectivity index (χ0v) is 17.5. The van der Waals surface area contributed by atoms with Crippen LogP contribution >= 0.6 is 11.6 Å². The molecule has 5 rings (SSSR count). The summed E-state index contributed by atoms with van der Waals surface area (Å²) < 4.78 is 5.80. The van der Waals surface area contributed by atoms with E-state index in [4.69, 9.17) is 16.3 Å².